The van der Waals surface area contributed by atoms with E-state index in [-0.39, 0.29) is 5.78 Å². The summed E-state index contributed by atoms with van der Waals surface area (Å²) < 4.78 is 0. The third-order valence-electron chi connectivity index (χ3n) is 2.85. The topological polar surface area (TPSA) is 92.9 Å². The Balaban J connectivity index is 2.19. The van der Waals surface area contributed by atoms with Gasteiger partial charge in [0.2, 0.25) is 0 Å². The van der Waals surface area contributed by atoms with Gasteiger partial charge in [-0.25, -0.2) is 9.97 Å². The van der Waals surface area contributed by atoms with Crippen molar-refractivity contribution in [1.82, 2.24) is 9.97 Å². The minimum Gasteiger partial charge on any atom is -0.393 e. The number of hydrogen-bond donors (Lipinski definition) is 3. The summed E-state index contributed by atoms with van der Waals surface area (Å²) in [7, 11) is 0. The molecule has 4 N–H and O–H groups in total. The highest BCUT2D eigenvalue weighted by molar-refractivity contribution is 5.94. The van der Waals surface area contributed by atoms with E-state index in [0.29, 0.717) is 29.4 Å². The molecule has 0 saturated carbocycles. The molecule has 0 aliphatic carbocycles. The summed E-state index contributed by atoms with van der Waals surface area (Å²) in [6.07, 6.45) is 3.14. The fourth-order valence-electron chi connectivity index (χ4n) is 1.73. The number of hydrogen-bond acceptors (Lipinski definition) is 6. The average molecular weight is 283 g/mol. The first-order chi connectivity index (χ1) is 10.1. The van der Waals surface area contributed by atoms with Gasteiger partial charge < -0.3 is 16.4 Å². The van der Waals surface area contributed by atoms with Crippen molar-refractivity contribution >= 4 is 28.8 Å². The van der Waals surface area contributed by atoms with Crippen molar-refractivity contribution in [1.29, 1.82) is 0 Å². The van der Waals surface area contributed by atoms with Gasteiger partial charge >= 0.3 is 0 Å². The molecule has 0 fully saturated rings. The van der Waals surface area contributed by atoms with Crippen LogP contribution in [0.5, 0.6) is 0 Å². The van der Waals surface area contributed by atoms with Crippen LogP contribution in [0.15, 0.2) is 43.2 Å². The summed E-state index contributed by atoms with van der Waals surface area (Å²) in [6, 6.07) is 7.10. The molecule has 2 rings (SSSR count). The minimum absolute atomic E-state index is 0.0269. The molecule has 0 amide bonds. The number of nitrogen functional groups attached to an aromatic ring is 1. The smallest absolute Gasteiger partial charge is 0.159 e. The molecule has 0 spiro atoms. The quantitative estimate of drug-likeness (QED) is 0.557. The molecule has 0 radical (unpaired) electrons. The second-order valence-corrected chi connectivity index (χ2v) is 4.41. The highest BCUT2D eigenvalue weighted by Crippen LogP contribution is 2.25. The molecule has 0 aliphatic heterocycles. The highest BCUT2D eigenvalue weighted by atomic mass is 16.1. The van der Waals surface area contributed by atoms with Gasteiger partial charge in [0.05, 0.1) is 0 Å². The number of nitrogens with one attached hydrogen (secondary N) is 2. The van der Waals surface area contributed by atoms with Crippen LogP contribution in [0.25, 0.3) is 0 Å². The van der Waals surface area contributed by atoms with Crippen LogP contribution < -0.4 is 16.4 Å². The molecule has 0 bridgehead atoms. The molecule has 1 aromatic heterocycles. The van der Waals surface area contributed by atoms with Gasteiger partial charge in [-0.2, -0.15) is 0 Å². The van der Waals surface area contributed by atoms with E-state index in [1.807, 2.05) is 0 Å². The van der Waals surface area contributed by atoms with Crippen LogP contribution in [-0.2, 0) is 0 Å². The monoisotopic (exact) mass is 283 g/mol. The van der Waals surface area contributed by atoms with Gasteiger partial charge in [-0.3, -0.25) is 4.79 Å². The van der Waals surface area contributed by atoms with E-state index in [1.165, 1.54) is 13.3 Å². The van der Waals surface area contributed by atoms with Gasteiger partial charge in [-0.05, 0) is 31.2 Å². The largest absolute Gasteiger partial charge is 0.393 e. The Morgan fingerprint density at radius 2 is 1.95 bits per heavy atom. The summed E-state index contributed by atoms with van der Waals surface area (Å²) in [5.41, 5.74) is 7.89. The predicted molar refractivity (Wildman–Crippen MR) is 84.9 cm³/mol. The van der Waals surface area contributed by atoms with E-state index in [0.717, 1.165) is 5.69 Å². The van der Waals surface area contributed by atoms with Gasteiger partial charge in [0.15, 0.2) is 17.4 Å². The van der Waals surface area contributed by atoms with E-state index < -0.39 is 0 Å². The van der Waals surface area contributed by atoms with Crippen LogP contribution in [0.2, 0.25) is 0 Å². The number of carbonyl (C=O) groups is 1. The Bertz CT molecular complexity index is 652. The molecule has 21 heavy (non-hydrogen) atoms. The summed E-state index contributed by atoms with van der Waals surface area (Å²) in [5.74, 6) is 1.08. The molecule has 0 atom stereocenters. The van der Waals surface area contributed by atoms with Crippen molar-refractivity contribution in [2.75, 3.05) is 22.9 Å². The summed E-state index contributed by atoms with van der Waals surface area (Å²) in [5, 5.41) is 6.14. The first-order valence-corrected chi connectivity index (χ1v) is 6.45. The number of nitrogens with zero attached hydrogens (tertiary/aromatic N) is 2. The molecular formula is C15H17N5O. The lowest BCUT2D eigenvalue weighted by Crippen LogP contribution is -2.07. The lowest BCUT2D eigenvalue weighted by atomic mass is 10.1. The number of anilines is 4. The Morgan fingerprint density at radius 1 is 1.29 bits per heavy atom. The fourth-order valence-corrected chi connectivity index (χ4v) is 1.73. The van der Waals surface area contributed by atoms with Crippen molar-refractivity contribution in [3.63, 3.8) is 0 Å². The number of aromatic nitrogens is 2. The summed E-state index contributed by atoms with van der Waals surface area (Å²) in [6.45, 7) is 5.72. The molecule has 0 saturated heterocycles. The first kappa shape index (κ1) is 14.5. The zero-order chi connectivity index (χ0) is 15.2. The Kier molecular flexibility index (Phi) is 4.50. The zero-order valence-corrected chi connectivity index (χ0v) is 11.8. The van der Waals surface area contributed by atoms with Gasteiger partial charge in [-0.15, -0.1) is 6.58 Å². The lowest BCUT2D eigenvalue weighted by molar-refractivity contribution is 0.101. The van der Waals surface area contributed by atoms with Crippen LogP contribution in [0, 0.1) is 0 Å². The molecule has 6 heteroatoms. The predicted octanol–water partition coefficient (Wildman–Crippen LogP) is 2.60. The van der Waals surface area contributed by atoms with Gasteiger partial charge in [0.25, 0.3) is 0 Å². The molecule has 6 nitrogen and oxygen atoms in total. The van der Waals surface area contributed by atoms with Crippen LogP contribution >= 0.6 is 0 Å². The van der Waals surface area contributed by atoms with Crippen molar-refractivity contribution in [2.45, 2.75) is 6.92 Å². The Labute approximate surface area is 123 Å². The van der Waals surface area contributed by atoms with Crippen molar-refractivity contribution in [3.05, 3.63) is 48.8 Å². The fraction of sp³-hybridized carbons (Fsp3) is 0.133. The van der Waals surface area contributed by atoms with E-state index in [1.54, 1.807) is 30.3 Å². The van der Waals surface area contributed by atoms with Gasteiger partial charge in [-0.1, -0.05) is 6.08 Å². The van der Waals surface area contributed by atoms with Crippen LogP contribution in [0.4, 0.5) is 23.0 Å². The molecule has 1 heterocycles. The SMILES string of the molecule is C=CCNc1ncnc(Nc2ccc(C(C)=O)cc2)c1N. The van der Waals surface area contributed by atoms with Crippen molar-refractivity contribution < 1.29 is 4.79 Å². The maximum absolute atomic E-state index is 11.2. The third kappa shape index (κ3) is 3.56. The minimum atomic E-state index is 0.0269. The lowest BCUT2D eigenvalue weighted by Gasteiger charge is -2.11. The molecule has 0 unspecified atom stereocenters. The van der Waals surface area contributed by atoms with Crippen molar-refractivity contribution in [2.24, 2.45) is 0 Å². The second-order valence-electron chi connectivity index (χ2n) is 4.41. The summed E-state index contributed by atoms with van der Waals surface area (Å²) >= 11 is 0. The Morgan fingerprint density at radius 3 is 2.57 bits per heavy atom. The average Bonchev–Trinajstić information content (AvgIpc) is 2.49. The van der Waals surface area contributed by atoms with E-state index in [2.05, 4.69) is 27.2 Å². The molecule has 0 aliphatic rings. The number of nitrogens with two attached hydrogens (primary N) is 1. The summed E-state index contributed by atoms with van der Waals surface area (Å²) in [4.78, 5) is 19.4. The maximum atomic E-state index is 11.2. The maximum Gasteiger partial charge on any atom is 0.159 e. The van der Waals surface area contributed by atoms with Crippen LogP contribution in [0.1, 0.15) is 17.3 Å². The first-order valence-electron chi connectivity index (χ1n) is 6.45. The van der Waals surface area contributed by atoms with Crippen LogP contribution in [0.3, 0.4) is 0 Å². The van der Waals surface area contributed by atoms with E-state index >= 15 is 0 Å². The third-order valence-corrected chi connectivity index (χ3v) is 2.85. The standard InChI is InChI=1S/C15H17N5O/c1-3-8-17-14-13(16)15(19-9-18-14)20-12-6-4-11(5-7-12)10(2)21/h3-7,9H,1,8,16H2,2H3,(H2,17,18,19,20). The Hall–Kier alpha value is -2.89. The normalized spacial score (nSPS) is 9.95. The molecular weight excluding hydrogens is 266 g/mol. The highest BCUT2D eigenvalue weighted by Gasteiger charge is 2.08. The van der Waals surface area contributed by atoms with E-state index in [9.17, 15) is 4.79 Å². The molecule has 2 aromatic rings. The van der Waals surface area contributed by atoms with Gasteiger partial charge in [0.1, 0.15) is 12.0 Å². The zero-order valence-electron chi connectivity index (χ0n) is 11.8. The van der Waals surface area contributed by atoms with Gasteiger partial charge in [0, 0.05) is 17.8 Å². The number of carbonyl (C=O) groups excluding carboxylic acids is 1. The number of rotatable bonds is 6. The number of benzene rings is 1. The molecule has 108 valence electrons. The molecule has 1 aromatic carbocycles. The second kappa shape index (κ2) is 6.51. The van der Waals surface area contributed by atoms with E-state index in [4.69, 9.17) is 5.73 Å². The van der Waals surface area contributed by atoms with Crippen molar-refractivity contribution in [3.8, 4) is 0 Å². The number of Topliss-reactive ketones (excluding diaryl/α,β-unsaturated/α-hetero) is 1. The number of ketones is 1. The van der Waals surface area contributed by atoms with Crippen LogP contribution in [-0.4, -0.2) is 22.3 Å².